The summed E-state index contributed by atoms with van der Waals surface area (Å²) in [6, 6.07) is 4.52. The van der Waals surface area contributed by atoms with Gasteiger partial charge in [-0.1, -0.05) is 47.7 Å². The molecule has 1 aromatic rings. The van der Waals surface area contributed by atoms with Gasteiger partial charge >= 0.3 is 5.97 Å². The Morgan fingerprint density at radius 3 is 2.91 bits per heavy atom. The van der Waals surface area contributed by atoms with Gasteiger partial charge in [-0.2, -0.15) is 0 Å². The van der Waals surface area contributed by atoms with Crippen molar-refractivity contribution >= 4 is 57.9 Å². The minimum atomic E-state index is -0.929. The van der Waals surface area contributed by atoms with Gasteiger partial charge in [0.05, 0.1) is 9.93 Å². The third-order valence-electron chi connectivity index (χ3n) is 2.91. The molecule has 1 amide bonds. The number of hydrogen-bond donors (Lipinski definition) is 1. The number of carbonyl (C=O) groups excluding carboxylic acids is 1. The molecule has 1 aliphatic heterocycles. The second-order valence-electron chi connectivity index (χ2n) is 4.47. The van der Waals surface area contributed by atoms with Gasteiger partial charge in [-0.3, -0.25) is 14.5 Å². The van der Waals surface area contributed by atoms with Crippen molar-refractivity contribution in [2.45, 2.75) is 12.8 Å². The fourth-order valence-corrected chi connectivity index (χ4v) is 3.34. The Morgan fingerprint density at radius 2 is 2.23 bits per heavy atom. The van der Waals surface area contributed by atoms with Crippen LogP contribution in [0.3, 0.4) is 0 Å². The quantitative estimate of drug-likeness (QED) is 0.643. The molecule has 0 atom stereocenters. The van der Waals surface area contributed by atoms with Crippen LogP contribution in [-0.4, -0.2) is 32.7 Å². The molecular formula is C14H11ClFNO3S2. The first-order valence-corrected chi connectivity index (χ1v) is 7.91. The van der Waals surface area contributed by atoms with E-state index in [1.54, 1.807) is 6.07 Å². The van der Waals surface area contributed by atoms with Crippen LogP contribution in [0, 0.1) is 5.82 Å². The number of thioether (sulfide) groups is 1. The topological polar surface area (TPSA) is 57.6 Å². The number of rotatable bonds is 5. The molecule has 0 aliphatic carbocycles. The van der Waals surface area contributed by atoms with Crippen LogP contribution < -0.4 is 0 Å². The van der Waals surface area contributed by atoms with Crippen LogP contribution in [-0.2, 0) is 9.59 Å². The van der Waals surface area contributed by atoms with E-state index in [1.807, 2.05) is 0 Å². The van der Waals surface area contributed by atoms with Gasteiger partial charge in [0.25, 0.3) is 5.91 Å². The molecule has 22 heavy (non-hydrogen) atoms. The van der Waals surface area contributed by atoms with Gasteiger partial charge in [0.2, 0.25) is 0 Å². The Kier molecular flexibility index (Phi) is 5.55. The van der Waals surface area contributed by atoms with Gasteiger partial charge in [0.1, 0.15) is 10.1 Å². The first-order chi connectivity index (χ1) is 10.4. The normalized spacial score (nSPS) is 16.6. The smallest absolute Gasteiger partial charge is 0.303 e. The van der Waals surface area contributed by atoms with E-state index < -0.39 is 11.8 Å². The van der Waals surface area contributed by atoms with Gasteiger partial charge < -0.3 is 5.11 Å². The van der Waals surface area contributed by atoms with Gasteiger partial charge in [-0.15, -0.1) is 0 Å². The van der Waals surface area contributed by atoms with Crippen molar-refractivity contribution in [3.63, 3.8) is 0 Å². The molecule has 1 aromatic carbocycles. The van der Waals surface area contributed by atoms with E-state index in [9.17, 15) is 14.0 Å². The average molecular weight is 360 g/mol. The summed E-state index contributed by atoms with van der Waals surface area (Å²) in [6.07, 6.45) is 1.66. The summed E-state index contributed by atoms with van der Waals surface area (Å²) in [4.78, 5) is 24.4. The summed E-state index contributed by atoms with van der Waals surface area (Å²) in [7, 11) is 0. The Labute approximate surface area is 140 Å². The van der Waals surface area contributed by atoms with Crippen LogP contribution in [0.2, 0.25) is 5.02 Å². The van der Waals surface area contributed by atoms with Crippen molar-refractivity contribution in [2.24, 2.45) is 0 Å². The number of nitrogens with zero attached hydrogens (tertiary/aromatic N) is 1. The molecule has 4 nitrogen and oxygen atoms in total. The van der Waals surface area contributed by atoms with Crippen molar-refractivity contribution in [1.29, 1.82) is 0 Å². The van der Waals surface area contributed by atoms with Crippen LogP contribution in [0.4, 0.5) is 4.39 Å². The second kappa shape index (κ2) is 7.21. The molecule has 116 valence electrons. The van der Waals surface area contributed by atoms with E-state index in [1.165, 1.54) is 23.1 Å². The maximum absolute atomic E-state index is 13.9. The van der Waals surface area contributed by atoms with Gasteiger partial charge in [-0.05, 0) is 18.6 Å². The second-order valence-corrected chi connectivity index (χ2v) is 6.56. The molecule has 0 spiro atoms. The minimum Gasteiger partial charge on any atom is -0.481 e. The third-order valence-corrected chi connectivity index (χ3v) is 4.58. The molecule has 8 heteroatoms. The van der Waals surface area contributed by atoms with Gasteiger partial charge in [0.15, 0.2) is 0 Å². The van der Waals surface area contributed by atoms with E-state index in [-0.39, 0.29) is 29.5 Å². The number of hydrogen-bond acceptors (Lipinski definition) is 4. The molecule has 0 saturated carbocycles. The molecule has 1 fully saturated rings. The number of carbonyl (C=O) groups is 2. The standard InChI is InChI=1S/C14H11ClFNO3S2/c15-9-4-1-3-8(12(9)16)7-10-13(20)17(14(21)22-10)6-2-5-11(18)19/h1,3-4,7H,2,5-6H2,(H,18,19). The summed E-state index contributed by atoms with van der Waals surface area (Å²) < 4.78 is 14.2. The number of thiocarbonyl (C=S) groups is 1. The number of benzene rings is 1. The SMILES string of the molecule is O=C(O)CCCN1C(=O)C(=Cc2cccc(Cl)c2F)SC1=S. The Bertz CT molecular complexity index is 678. The number of carboxylic acid groups (broad SMARTS) is 1. The summed E-state index contributed by atoms with van der Waals surface area (Å²) in [5, 5.41) is 8.59. The zero-order chi connectivity index (χ0) is 16.3. The van der Waals surface area contributed by atoms with Crippen LogP contribution in [0.1, 0.15) is 18.4 Å². The number of amides is 1. The number of aliphatic carboxylic acids is 1. The Hall–Kier alpha value is -1.44. The van der Waals surface area contributed by atoms with E-state index in [0.29, 0.717) is 15.6 Å². The molecule has 0 aromatic heterocycles. The molecular weight excluding hydrogens is 349 g/mol. The molecule has 2 rings (SSSR count). The van der Waals surface area contributed by atoms with Crippen molar-refractivity contribution in [3.8, 4) is 0 Å². The maximum Gasteiger partial charge on any atom is 0.303 e. The predicted octanol–water partition coefficient (Wildman–Crippen LogP) is 3.55. The van der Waals surface area contributed by atoms with Crippen LogP contribution in [0.25, 0.3) is 6.08 Å². The average Bonchev–Trinajstić information content (AvgIpc) is 2.71. The van der Waals surface area contributed by atoms with E-state index in [0.717, 1.165) is 11.8 Å². The highest BCUT2D eigenvalue weighted by atomic mass is 35.5. The highest BCUT2D eigenvalue weighted by molar-refractivity contribution is 8.26. The highest BCUT2D eigenvalue weighted by Gasteiger charge is 2.31. The summed E-state index contributed by atoms with van der Waals surface area (Å²) in [6.45, 7) is 0.229. The van der Waals surface area contributed by atoms with Crippen molar-refractivity contribution in [2.75, 3.05) is 6.54 Å². The molecule has 0 radical (unpaired) electrons. The zero-order valence-corrected chi connectivity index (χ0v) is 13.6. The summed E-state index contributed by atoms with van der Waals surface area (Å²) in [5.41, 5.74) is 0.207. The lowest BCUT2D eigenvalue weighted by atomic mass is 10.2. The van der Waals surface area contributed by atoms with Crippen LogP contribution in [0.5, 0.6) is 0 Å². The third kappa shape index (κ3) is 3.85. The molecule has 1 N–H and O–H groups in total. The molecule has 1 saturated heterocycles. The molecule has 1 heterocycles. The van der Waals surface area contributed by atoms with Crippen molar-refractivity contribution in [3.05, 3.63) is 39.5 Å². The van der Waals surface area contributed by atoms with Gasteiger partial charge in [0, 0.05) is 18.5 Å². The van der Waals surface area contributed by atoms with E-state index in [4.69, 9.17) is 28.9 Å². The van der Waals surface area contributed by atoms with Crippen molar-refractivity contribution < 1.29 is 19.1 Å². The summed E-state index contributed by atoms with van der Waals surface area (Å²) in [5.74, 6) is -1.87. The minimum absolute atomic E-state index is 0.0225. The number of halogens is 2. The molecule has 0 bridgehead atoms. The Morgan fingerprint density at radius 1 is 1.50 bits per heavy atom. The van der Waals surface area contributed by atoms with Crippen molar-refractivity contribution in [1.82, 2.24) is 4.90 Å². The lowest BCUT2D eigenvalue weighted by Gasteiger charge is -2.13. The number of carboxylic acids is 1. The lowest BCUT2D eigenvalue weighted by molar-refractivity contribution is -0.137. The largest absolute Gasteiger partial charge is 0.481 e. The van der Waals surface area contributed by atoms with Crippen LogP contribution >= 0.6 is 35.6 Å². The van der Waals surface area contributed by atoms with Gasteiger partial charge in [-0.25, -0.2) is 4.39 Å². The first-order valence-electron chi connectivity index (χ1n) is 6.31. The molecule has 1 aliphatic rings. The van der Waals surface area contributed by atoms with E-state index >= 15 is 0 Å². The summed E-state index contributed by atoms with van der Waals surface area (Å²) >= 11 is 11.9. The predicted molar refractivity (Wildman–Crippen MR) is 88.2 cm³/mol. The van der Waals surface area contributed by atoms with Crippen LogP contribution in [0.15, 0.2) is 23.1 Å². The monoisotopic (exact) mass is 359 g/mol. The Balaban J connectivity index is 2.15. The zero-order valence-electron chi connectivity index (χ0n) is 11.2. The maximum atomic E-state index is 13.9. The fraction of sp³-hybridized carbons (Fsp3) is 0.214. The fourth-order valence-electron chi connectivity index (χ4n) is 1.85. The van der Waals surface area contributed by atoms with E-state index in [2.05, 4.69) is 0 Å². The first kappa shape index (κ1) is 16.9. The molecule has 0 unspecified atom stereocenters. The lowest BCUT2D eigenvalue weighted by Crippen LogP contribution is -2.29. The highest BCUT2D eigenvalue weighted by Crippen LogP contribution is 2.33.